The molecule has 4 nitrogen and oxygen atoms in total. The number of halogens is 1. The third kappa shape index (κ3) is 3.32. The van der Waals surface area contributed by atoms with Crippen molar-refractivity contribution in [1.82, 2.24) is 4.83 Å². The zero-order valence-corrected chi connectivity index (χ0v) is 11.5. The van der Waals surface area contributed by atoms with Crippen LogP contribution in [0, 0.1) is 0 Å². The molecule has 1 aromatic heterocycles. The van der Waals surface area contributed by atoms with Crippen LogP contribution in [-0.2, 0) is 10.0 Å². The molecule has 0 saturated carbocycles. The molecule has 94 valence electrons. The Morgan fingerprint density at radius 2 is 1.94 bits per heavy atom. The van der Waals surface area contributed by atoms with Crippen LogP contribution in [0.5, 0.6) is 0 Å². The standard InChI is InChI=1S/C11H9ClN2O2S2/c12-9-3-5-11(6-4-9)18(15,16)14-13-8-10-2-1-7-17-10/h1-8,14H. The Hall–Kier alpha value is -1.37. The van der Waals surface area contributed by atoms with Gasteiger partial charge in [-0.05, 0) is 35.7 Å². The van der Waals surface area contributed by atoms with Crippen molar-refractivity contribution in [3.63, 3.8) is 0 Å². The number of hydrogen-bond acceptors (Lipinski definition) is 4. The largest absolute Gasteiger partial charge is 0.276 e. The molecule has 0 unspecified atom stereocenters. The van der Waals surface area contributed by atoms with Crippen molar-refractivity contribution < 1.29 is 8.42 Å². The first-order valence-electron chi connectivity index (χ1n) is 4.92. The molecule has 0 aliphatic heterocycles. The summed E-state index contributed by atoms with van der Waals surface area (Å²) >= 11 is 7.16. The van der Waals surface area contributed by atoms with E-state index in [0.717, 1.165) is 4.88 Å². The molecule has 1 aromatic carbocycles. The fraction of sp³-hybridized carbons (Fsp3) is 0. The van der Waals surface area contributed by atoms with Gasteiger partial charge in [0.25, 0.3) is 10.0 Å². The lowest BCUT2D eigenvalue weighted by Crippen LogP contribution is -2.18. The number of hydrazone groups is 1. The molecule has 1 N–H and O–H groups in total. The summed E-state index contributed by atoms with van der Waals surface area (Å²) in [5.41, 5.74) is 0. The molecular weight excluding hydrogens is 292 g/mol. The molecule has 0 fully saturated rings. The van der Waals surface area contributed by atoms with Crippen LogP contribution in [0.1, 0.15) is 4.88 Å². The monoisotopic (exact) mass is 300 g/mol. The van der Waals surface area contributed by atoms with Gasteiger partial charge in [-0.15, -0.1) is 11.3 Å². The highest BCUT2D eigenvalue weighted by atomic mass is 35.5. The third-order valence-corrected chi connectivity index (χ3v) is 4.33. The molecule has 2 rings (SSSR count). The van der Waals surface area contributed by atoms with Gasteiger partial charge in [0.2, 0.25) is 0 Å². The van der Waals surface area contributed by atoms with Crippen molar-refractivity contribution in [3.8, 4) is 0 Å². The molecule has 0 radical (unpaired) electrons. The van der Waals surface area contributed by atoms with Crippen molar-refractivity contribution in [2.45, 2.75) is 4.90 Å². The summed E-state index contributed by atoms with van der Waals surface area (Å²) in [4.78, 5) is 3.13. The van der Waals surface area contributed by atoms with Gasteiger partial charge in [0.15, 0.2) is 0 Å². The fourth-order valence-electron chi connectivity index (χ4n) is 1.19. The fourth-order valence-corrected chi connectivity index (χ4v) is 2.69. The van der Waals surface area contributed by atoms with Crippen LogP contribution in [0.4, 0.5) is 0 Å². The molecule has 0 bridgehead atoms. The number of sulfonamides is 1. The van der Waals surface area contributed by atoms with E-state index in [2.05, 4.69) is 9.93 Å². The Kier molecular flexibility index (Phi) is 4.00. The molecule has 0 saturated heterocycles. The molecule has 2 aromatic rings. The molecule has 0 aliphatic carbocycles. The second-order valence-electron chi connectivity index (χ2n) is 3.32. The molecule has 1 heterocycles. The molecular formula is C11H9ClN2O2S2. The van der Waals surface area contributed by atoms with Crippen molar-refractivity contribution in [2.24, 2.45) is 5.10 Å². The quantitative estimate of drug-likeness (QED) is 0.697. The second-order valence-corrected chi connectivity index (χ2v) is 6.40. The van der Waals surface area contributed by atoms with Crippen LogP contribution in [0.2, 0.25) is 5.02 Å². The molecule has 0 aliphatic rings. The zero-order chi connectivity index (χ0) is 13.0. The smallest absolute Gasteiger partial charge is 0.200 e. The van der Waals surface area contributed by atoms with Gasteiger partial charge in [0, 0.05) is 9.90 Å². The molecule has 0 amide bonds. The van der Waals surface area contributed by atoms with E-state index in [9.17, 15) is 8.42 Å². The number of benzene rings is 1. The summed E-state index contributed by atoms with van der Waals surface area (Å²) in [7, 11) is -3.63. The lowest BCUT2D eigenvalue weighted by molar-refractivity contribution is 0.584. The van der Waals surface area contributed by atoms with Crippen LogP contribution < -0.4 is 4.83 Å². The predicted molar refractivity (Wildman–Crippen MR) is 73.7 cm³/mol. The number of nitrogens with one attached hydrogen (secondary N) is 1. The number of nitrogens with zero attached hydrogens (tertiary/aromatic N) is 1. The van der Waals surface area contributed by atoms with Crippen LogP contribution in [0.15, 0.2) is 51.8 Å². The van der Waals surface area contributed by atoms with Crippen LogP contribution >= 0.6 is 22.9 Å². The van der Waals surface area contributed by atoms with Gasteiger partial charge >= 0.3 is 0 Å². The minimum Gasteiger partial charge on any atom is -0.200 e. The lowest BCUT2D eigenvalue weighted by atomic mass is 10.4. The Morgan fingerprint density at radius 3 is 2.56 bits per heavy atom. The second kappa shape index (κ2) is 5.51. The third-order valence-electron chi connectivity index (χ3n) is 2.03. The van der Waals surface area contributed by atoms with Crippen LogP contribution in [0.25, 0.3) is 0 Å². The van der Waals surface area contributed by atoms with Crippen molar-refractivity contribution >= 4 is 39.2 Å². The van der Waals surface area contributed by atoms with Gasteiger partial charge < -0.3 is 0 Å². The Balaban J connectivity index is 2.10. The number of thiophene rings is 1. The van der Waals surface area contributed by atoms with E-state index in [0.29, 0.717) is 5.02 Å². The summed E-state index contributed by atoms with van der Waals surface area (Å²) < 4.78 is 23.6. The van der Waals surface area contributed by atoms with Gasteiger partial charge in [-0.2, -0.15) is 13.5 Å². The van der Waals surface area contributed by atoms with E-state index in [1.165, 1.54) is 41.8 Å². The van der Waals surface area contributed by atoms with E-state index < -0.39 is 10.0 Å². The normalized spacial score (nSPS) is 11.8. The highest BCUT2D eigenvalue weighted by Gasteiger charge is 2.11. The average Bonchev–Trinajstić information content (AvgIpc) is 2.82. The van der Waals surface area contributed by atoms with Crippen LogP contribution in [-0.4, -0.2) is 14.6 Å². The lowest BCUT2D eigenvalue weighted by Gasteiger charge is -2.02. The predicted octanol–water partition coefficient (Wildman–Crippen LogP) is 2.71. The molecule has 7 heteroatoms. The van der Waals surface area contributed by atoms with Gasteiger partial charge in [0.1, 0.15) is 0 Å². The Labute approximate surface area is 114 Å². The van der Waals surface area contributed by atoms with E-state index in [1.807, 2.05) is 17.5 Å². The summed E-state index contributed by atoms with van der Waals surface area (Å²) in [5, 5.41) is 6.07. The van der Waals surface area contributed by atoms with Crippen LogP contribution in [0.3, 0.4) is 0 Å². The van der Waals surface area contributed by atoms with E-state index >= 15 is 0 Å². The number of rotatable bonds is 4. The first-order chi connectivity index (χ1) is 8.58. The Morgan fingerprint density at radius 1 is 1.22 bits per heavy atom. The summed E-state index contributed by atoms with van der Waals surface area (Å²) in [6.07, 6.45) is 1.46. The summed E-state index contributed by atoms with van der Waals surface area (Å²) in [6.45, 7) is 0. The maximum Gasteiger partial charge on any atom is 0.276 e. The van der Waals surface area contributed by atoms with Crippen molar-refractivity contribution in [1.29, 1.82) is 0 Å². The minimum atomic E-state index is -3.63. The highest BCUT2D eigenvalue weighted by Crippen LogP contribution is 2.13. The van der Waals surface area contributed by atoms with Crippen molar-refractivity contribution in [3.05, 3.63) is 51.7 Å². The molecule has 18 heavy (non-hydrogen) atoms. The highest BCUT2D eigenvalue weighted by molar-refractivity contribution is 7.89. The van der Waals surface area contributed by atoms with E-state index in [1.54, 1.807) is 0 Å². The first-order valence-corrected chi connectivity index (χ1v) is 7.66. The van der Waals surface area contributed by atoms with E-state index in [4.69, 9.17) is 11.6 Å². The number of hydrogen-bond donors (Lipinski definition) is 1. The zero-order valence-electron chi connectivity index (χ0n) is 9.08. The average molecular weight is 301 g/mol. The SMILES string of the molecule is O=S(=O)(NN=Cc1cccs1)c1ccc(Cl)cc1. The van der Waals surface area contributed by atoms with Gasteiger partial charge in [-0.1, -0.05) is 17.7 Å². The van der Waals surface area contributed by atoms with Gasteiger partial charge in [-0.3, -0.25) is 0 Å². The van der Waals surface area contributed by atoms with Gasteiger partial charge in [-0.25, -0.2) is 4.83 Å². The minimum absolute atomic E-state index is 0.121. The maximum absolute atomic E-state index is 11.8. The van der Waals surface area contributed by atoms with Gasteiger partial charge in [0.05, 0.1) is 11.1 Å². The maximum atomic E-state index is 11.8. The molecule has 0 spiro atoms. The first kappa shape index (κ1) is 13.1. The van der Waals surface area contributed by atoms with Crippen molar-refractivity contribution in [2.75, 3.05) is 0 Å². The Bertz CT molecular complexity index is 634. The molecule has 0 atom stereocenters. The summed E-state index contributed by atoms with van der Waals surface area (Å²) in [5.74, 6) is 0. The van der Waals surface area contributed by atoms with E-state index in [-0.39, 0.29) is 4.90 Å². The topological polar surface area (TPSA) is 58.5 Å². The summed E-state index contributed by atoms with van der Waals surface area (Å²) in [6, 6.07) is 9.57.